The zero-order valence-electron chi connectivity index (χ0n) is 14.3. The third kappa shape index (κ3) is 8.50. The monoisotopic (exact) mass is 428 g/mol. The Hall–Kier alpha value is 0.310. The van der Waals surface area contributed by atoms with Crippen molar-refractivity contribution in [2.45, 2.75) is 38.4 Å². The van der Waals surface area contributed by atoms with E-state index in [-0.39, 0.29) is 24.0 Å². The van der Waals surface area contributed by atoms with Crippen LogP contribution in [0.25, 0.3) is 0 Å². The molecule has 0 radical (unpaired) electrons. The lowest BCUT2D eigenvalue weighted by molar-refractivity contribution is 0.326. The van der Waals surface area contributed by atoms with Gasteiger partial charge in [-0.25, -0.2) is 0 Å². The number of aliphatic imine (C=N–C) groups is 1. The minimum Gasteiger partial charge on any atom is -0.355 e. The Morgan fingerprint density at radius 2 is 2.10 bits per heavy atom. The van der Waals surface area contributed by atoms with Crippen molar-refractivity contribution in [1.29, 1.82) is 0 Å². The summed E-state index contributed by atoms with van der Waals surface area (Å²) in [5.74, 6) is 2.24. The standard InChI is InChI=1S/C15H32N4S.HI/c1-6-7-9-18(5)10-8-17-14(16-4)19-11-12-20-15(2,3)13-19;/h6-13H2,1-5H3,(H,16,17);1H. The van der Waals surface area contributed by atoms with Crippen molar-refractivity contribution >= 4 is 41.7 Å². The number of rotatable bonds is 6. The molecule has 0 aromatic heterocycles. The smallest absolute Gasteiger partial charge is 0.193 e. The van der Waals surface area contributed by atoms with Gasteiger partial charge in [0.25, 0.3) is 0 Å². The Morgan fingerprint density at radius 3 is 2.67 bits per heavy atom. The van der Waals surface area contributed by atoms with Crippen LogP contribution in [-0.2, 0) is 0 Å². The summed E-state index contributed by atoms with van der Waals surface area (Å²) in [4.78, 5) is 9.22. The van der Waals surface area contributed by atoms with E-state index in [1.165, 1.54) is 25.1 Å². The molecule has 1 aliphatic heterocycles. The zero-order valence-corrected chi connectivity index (χ0v) is 17.5. The van der Waals surface area contributed by atoms with Crippen LogP contribution >= 0.6 is 35.7 Å². The Morgan fingerprint density at radius 1 is 1.38 bits per heavy atom. The summed E-state index contributed by atoms with van der Waals surface area (Å²) in [5.41, 5.74) is 0. The van der Waals surface area contributed by atoms with Gasteiger partial charge in [-0.1, -0.05) is 13.3 Å². The number of nitrogens with one attached hydrogen (secondary N) is 1. The van der Waals surface area contributed by atoms with E-state index in [0.29, 0.717) is 4.75 Å². The molecule has 0 unspecified atom stereocenters. The third-order valence-electron chi connectivity index (χ3n) is 3.61. The van der Waals surface area contributed by atoms with Gasteiger partial charge in [0.15, 0.2) is 5.96 Å². The molecular weight excluding hydrogens is 395 g/mol. The van der Waals surface area contributed by atoms with E-state index < -0.39 is 0 Å². The van der Waals surface area contributed by atoms with E-state index in [1.54, 1.807) is 0 Å². The predicted octanol–water partition coefficient (Wildman–Crippen LogP) is 2.74. The number of guanidine groups is 1. The van der Waals surface area contributed by atoms with Crippen molar-refractivity contribution in [3.05, 3.63) is 0 Å². The summed E-state index contributed by atoms with van der Waals surface area (Å²) in [6.07, 6.45) is 2.54. The maximum Gasteiger partial charge on any atom is 0.193 e. The maximum atomic E-state index is 4.44. The fraction of sp³-hybridized carbons (Fsp3) is 0.933. The highest BCUT2D eigenvalue weighted by atomic mass is 127. The number of thioether (sulfide) groups is 1. The van der Waals surface area contributed by atoms with Gasteiger partial charge >= 0.3 is 0 Å². The molecule has 21 heavy (non-hydrogen) atoms. The highest BCUT2D eigenvalue weighted by Gasteiger charge is 2.28. The zero-order chi connectivity index (χ0) is 15.0. The van der Waals surface area contributed by atoms with E-state index in [0.717, 1.165) is 32.1 Å². The summed E-state index contributed by atoms with van der Waals surface area (Å²) in [7, 11) is 4.08. The summed E-state index contributed by atoms with van der Waals surface area (Å²) >= 11 is 2.06. The van der Waals surface area contributed by atoms with Crippen LogP contribution in [0.5, 0.6) is 0 Å². The first-order valence-electron chi connectivity index (χ1n) is 7.76. The number of hydrogen-bond donors (Lipinski definition) is 1. The number of unbranched alkanes of at least 4 members (excludes halogenated alkanes) is 1. The van der Waals surface area contributed by atoms with Gasteiger partial charge < -0.3 is 15.1 Å². The number of hydrogen-bond acceptors (Lipinski definition) is 3. The lowest BCUT2D eigenvalue weighted by Gasteiger charge is -2.39. The Bertz CT molecular complexity index is 310. The molecule has 1 rings (SSSR count). The first-order valence-corrected chi connectivity index (χ1v) is 8.75. The Labute approximate surface area is 152 Å². The topological polar surface area (TPSA) is 30.9 Å². The molecule has 126 valence electrons. The predicted molar refractivity (Wildman–Crippen MR) is 107 cm³/mol. The van der Waals surface area contributed by atoms with Gasteiger partial charge in [0.05, 0.1) is 0 Å². The number of halogens is 1. The van der Waals surface area contributed by atoms with Crippen molar-refractivity contribution in [3.63, 3.8) is 0 Å². The van der Waals surface area contributed by atoms with Gasteiger partial charge in [-0.3, -0.25) is 4.99 Å². The first-order chi connectivity index (χ1) is 9.48. The third-order valence-corrected chi connectivity index (χ3v) is 4.90. The van der Waals surface area contributed by atoms with Crippen LogP contribution in [-0.4, -0.2) is 73.1 Å². The average molecular weight is 428 g/mol. The average Bonchev–Trinajstić information content (AvgIpc) is 2.40. The highest BCUT2D eigenvalue weighted by Crippen LogP contribution is 2.29. The maximum absolute atomic E-state index is 4.44. The van der Waals surface area contributed by atoms with Gasteiger partial charge in [0.1, 0.15) is 0 Å². The van der Waals surface area contributed by atoms with Crippen LogP contribution in [0.2, 0.25) is 0 Å². The van der Waals surface area contributed by atoms with E-state index in [2.05, 4.69) is 59.7 Å². The molecule has 0 bridgehead atoms. The van der Waals surface area contributed by atoms with Gasteiger partial charge in [-0.05, 0) is 33.9 Å². The van der Waals surface area contributed by atoms with E-state index in [4.69, 9.17) is 0 Å². The van der Waals surface area contributed by atoms with Gasteiger partial charge in [-0.15, -0.1) is 24.0 Å². The highest BCUT2D eigenvalue weighted by molar-refractivity contribution is 14.0. The SMILES string of the molecule is CCCCN(C)CCNC(=NC)N1CCSC(C)(C)C1.I. The van der Waals surface area contributed by atoms with Crippen molar-refractivity contribution in [3.8, 4) is 0 Å². The second-order valence-electron chi connectivity index (χ2n) is 6.16. The number of likely N-dealkylation sites (N-methyl/N-ethyl adjacent to an activating group) is 1. The molecule has 0 atom stereocenters. The molecule has 1 saturated heterocycles. The summed E-state index contributed by atoms with van der Waals surface area (Å²) in [6.45, 7) is 12.3. The fourth-order valence-electron chi connectivity index (χ4n) is 2.43. The minimum atomic E-state index is 0. The fourth-order valence-corrected chi connectivity index (χ4v) is 3.54. The van der Waals surface area contributed by atoms with Gasteiger partial charge in [0.2, 0.25) is 0 Å². The van der Waals surface area contributed by atoms with E-state index in [1.807, 2.05) is 7.05 Å². The Kier molecular flexibility index (Phi) is 11.1. The van der Waals surface area contributed by atoms with Crippen molar-refractivity contribution in [2.24, 2.45) is 4.99 Å². The summed E-state index contributed by atoms with van der Waals surface area (Å²) in [6, 6.07) is 0. The van der Waals surface area contributed by atoms with E-state index in [9.17, 15) is 0 Å². The largest absolute Gasteiger partial charge is 0.355 e. The normalized spacial score (nSPS) is 18.6. The van der Waals surface area contributed by atoms with Crippen LogP contribution in [0.3, 0.4) is 0 Å². The first kappa shape index (κ1) is 21.3. The van der Waals surface area contributed by atoms with Crippen molar-refractivity contribution < 1.29 is 0 Å². The summed E-state index contributed by atoms with van der Waals surface area (Å²) in [5, 5.41) is 3.51. The second kappa shape index (κ2) is 10.9. The van der Waals surface area contributed by atoms with Gasteiger partial charge in [-0.2, -0.15) is 11.8 Å². The lowest BCUT2D eigenvalue weighted by atomic mass is 10.2. The van der Waals surface area contributed by atoms with Crippen LogP contribution < -0.4 is 5.32 Å². The van der Waals surface area contributed by atoms with Crippen LogP contribution in [0.1, 0.15) is 33.6 Å². The van der Waals surface area contributed by atoms with Crippen LogP contribution in [0, 0.1) is 0 Å². The molecule has 0 saturated carbocycles. The molecule has 4 nitrogen and oxygen atoms in total. The second-order valence-corrected chi connectivity index (χ2v) is 7.96. The molecule has 1 heterocycles. The van der Waals surface area contributed by atoms with Crippen LogP contribution in [0.15, 0.2) is 4.99 Å². The van der Waals surface area contributed by atoms with Crippen molar-refractivity contribution in [1.82, 2.24) is 15.1 Å². The lowest BCUT2D eigenvalue weighted by Crippen LogP contribution is -2.51. The molecule has 0 amide bonds. The molecule has 0 aliphatic carbocycles. The summed E-state index contributed by atoms with van der Waals surface area (Å²) < 4.78 is 0.327. The Balaban J connectivity index is 0.00000400. The molecule has 1 N–H and O–H groups in total. The molecule has 0 spiro atoms. The van der Waals surface area contributed by atoms with Crippen molar-refractivity contribution in [2.75, 3.05) is 52.6 Å². The van der Waals surface area contributed by atoms with Gasteiger partial charge in [0, 0.05) is 43.7 Å². The molecular formula is C15H33IN4S. The molecule has 1 fully saturated rings. The molecule has 0 aromatic carbocycles. The number of nitrogens with zero attached hydrogens (tertiary/aromatic N) is 3. The quantitative estimate of drug-likeness (QED) is 0.401. The minimum absolute atomic E-state index is 0. The van der Waals surface area contributed by atoms with E-state index >= 15 is 0 Å². The molecule has 0 aromatic rings. The molecule has 6 heteroatoms. The molecule has 1 aliphatic rings. The van der Waals surface area contributed by atoms with Crippen LogP contribution in [0.4, 0.5) is 0 Å².